The first-order valence-corrected chi connectivity index (χ1v) is 6.19. The highest BCUT2D eigenvalue weighted by molar-refractivity contribution is 9.10. The zero-order chi connectivity index (χ0) is 12.0. The molecule has 0 radical (unpaired) electrons. The minimum absolute atomic E-state index is 0.639. The third-order valence-corrected chi connectivity index (χ3v) is 2.87. The van der Waals surface area contributed by atoms with Crippen LogP contribution in [0.15, 0.2) is 22.7 Å². The Morgan fingerprint density at radius 2 is 2.12 bits per heavy atom. The van der Waals surface area contributed by atoms with Crippen LogP contribution in [0.5, 0.6) is 5.75 Å². The molecule has 0 saturated carbocycles. The third-order valence-electron chi connectivity index (χ3n) is 2.25. The van der Waals surface area contributed by atoms with Crippen molar-refractivity contribution >= 4 is 15.9 Å². The van der Waals surface area contributed by atoms with Crippen molar-refractivity contribution < 1.29 is 4.74 Å². The summed E-state index contributed by atoms with van der Waals surface area (Å²) in [5.74, 6) is 0.926. The van der Waals surface area contributed by atoms with E-state index in [2.05, 4.69) is 26.9 Å². The van der Waals surface area contributed by atoms with E-state index in [1.54, 1.807) is 0 Å². The van der Waals surface area contributed by atoms with Crippen LogP contribution in [0.2, 0.25) is 0 Å². The molecule has 0 fully saturated rings. The maximum atomic E-state index is 5.79. The maximum Gasteiger partial charge on any atom is 0.136 e. The predicted molar refractivity (Wildman–Crippen MR) is 70.9 cm³/mol. The van der Waals surface area contributed by atoms with E-state index in [1.165, 1.54) is 0 Å². The van der Waals surface area contributed by atoms with Gasteiger partial charge in [0.2, 0.25) is 0 Å². The Morgan fingerprint density at radius 1 is 1.38 bits per heavy atom. The van der Waals surface area contributed by atoms with Gasteiger partial charge in [0, 0.05) is 6.54 Å². The van der Waals surface area contributed by atoms with Crippen LogP contribution in [0.4, 0.5) is 0 Å². The molecule has 0 aliphatic heterocycles. The van der Waals surface area contributed by atoms with Crippen LogP contribution in [0.1, 0.15) is 5.56 Å². The van der Waals surface area contributed by atoms with E-state index in [0.717, 1.165) is 28.8 Å². The average Bonchev–Trinajstić information content (AvgIpc) is 2.22. The molecule has 4 heteroatoms. The molecule has 0 spiro atoms. The van der Waals surface area contributed by atoms with Gasteiger partial charge >= 0.3 is 0 Å². The number of benzene rings is 1. The maximum absolute atomic E-state index is 5.79. The van der Waals surface area contributed by atoms with Crippen molar-refractivity contribution in [1.82, 2.24) is 4.90 Å². The molecule has 3 nitrogen and oxygen atoms in total. The second-order valence-corrected chi connectivity index (χ2v) is 4.77. The molecular weight excluding hydrogens is 268 g/mol. The van der Waals surface area contributed by atoms with E-state index in [9.17, 15) is 0 Å². The number of nitrogens with zero attached hydrogens (tertiary/aromatic N) is 1. The zero-order valence-electron chi connectivity index (χ0n) is 9.87. The molecule has 0 bridgehead atoms. The van der Waals surface area contributed by atoms with Crippen LogP contribution < -0.4 is 10.5 Å². The first-order valence-electron chi connectivity index (χ1n) is 5.40. The summed E-state index contributed by atoms with van der Waals surface area (Å²) < 4.78 is 6.78. The topological polar surface area (TPSA) is 38.5 Å². The number of para-hydroxylation sites is 1. The summed E-state index contributed by atoms with van der Waals surface area (Å²) >= 11 is 3.50. The first kappa shape index (κ1) is 13.5. The van der Waals surface area contributed by atoms with E-state index in [4.69, 9.17) is 10.5 Å². The van der Waals surface area contributed by atoms with Crippen molar-refractivity contribution in [3.63, 3.8) is 0 Å². The van der Waals surface area contributed by atoms with Crippen LogP contribution in [-0.4, -0.2) is 38.7 Å². The fourth-order valence-corrected chi connectivity index (χ4v) is 1.92. The number of nitrogens with two attached hydrogens (primary N) is 1. The smallest absolute Gasteiger partial charge is 0.136 e. The summed E-state index contributed by atoms with van der Waals surface area (Å²) in [6.45, 7) is 2.23. The van der Waals surface area contributed by atoms with Crippen LogP contribution in [0.3, 0.4) is 0 Å². The summed E-state index contributed by atoms with van der Waals surface area (Å²) in [5.41, 5.74) is 6.74. The van der Waals surface area contributed by atoms with Crippen molar-refractivity contribution in [2.24, 2.45) is 5.73 Å². The molecule has 90 valence electrons. The SMILES string of the molecule is CN(C)CCOc1c(Br)cccc1CCN. The minimum Gasteiger partial charge on any atom is -0.491 e. The van der Waals surface area contributed by atoms with Gasteiger partial charge in [-0.3, -0.25) is 0 Å². The van der Waals surface area contributed by atoms with Crippen molar-refractivity contribution in [1.29, 1.82) is 0 Å². The van der Waals surface area contributed by atoms with Crippen molar-refractivity contribution in [3.05, 3.63) is 28.2 Å². The summed E-state index contributed by atoms with van der Waals surface area (Å²) in [6, 6.07) is 6.06. The number of rotatable bonds is 6. The third kappa shape index (κ3) is 4.12. The van der Waals surface area contributed by atoms with Crippen molar-refractivity contribution in [3.8, 4) is 5.75 Å². The Bertz CT molecular complexity index is 329. The number of ether oxygens (including phenoxy) is 1. The molecule has 0 atom stereocenters. The van der Waals surface area contributed by atoms with Crippen LogP contribution in [0, 0.1) is 0 Å². The lowest BCUT2D eigenvalue weighted by atomic mass is 10.1. The van der Waals surface area contributed by atoms with Gasteiger partial charge in [0.15, 0.2) is 0 Å². The normalized spacial score (nSPS) is 10.8. The van der Waals surface area contributed by atoms with Gasteiger partial charge in [-0.2, -0.15) is 0 Å². The predicted octanol–water partition coefficient (Wildman–Crippen LogP) is 1.89. The molecule has 0 unspecified atom stereocenters. The van der Waals surface area contributed by atoms with E-state index < -0.39 is 0 Å². The van der Waals surface area contributed by atoms with Gasteiger partial charge in [0.25, 0.3) is 0 Å². The summed E-state index contributed by atoms with van der Waals surface area (Å²) in [7, 11) is 4.06. The van der Waals surface area contributed by atoms with E-state index in [-0.39, 0.29) is 0 Å². The lowest BCUT2D eigenvalue weighted by Gasteiger charge is -2.15. The van der Waals surface area contributed by atoms with Gasteiger partial charge in [0.05, 0.1) is 4.47 Å². The Hall–Kier alpha value is -0.580. The molecule has 1 aromatic carbocycles. The first-order chi connectivity index (χ1) is 7.65. The molecule has 1 aromatic rings. The molecule has 0 aliphatic rings. The highest BCUT2D eigenvalue weighted by Crippen LogP contribution is 2.29. The van der Waals surface area contributed by atoms with E-state index in [1.807, 2.05) is 26.2 Å². The summed E-state index contributed by atoms with van der Waals surface area (Å²) in [4.78, 5) is 2.10. The van der Waals surface area contributed by atoms with E-state index in [0.29, 0.717) is 13.2 Å². The van der Waals surface area contributed by atoms with Crippen LogP contribution in [-0.2, 0) is 6.42 Å². The molecule has 0 saturated heterocycles. The summed E-state index contributed by atoms with van der Waals surface area (Å²) in [5, 5.41) is 0. The van der Waals surface area contributed by atoms with Crippen LogP contribution >= 0.6 is 15.9 Å². The van der Waals surface area contributed by atoms with Crippen LogP contribution in [0.25, 0.3) is 0 Å². The molecule has 16 heavy (non-hydrogen) atoms. The number of halogens is 1. The molecule has 2 N–H and O–H groups in total. The van der Waals surface area contributed by atoms with Gasteiger partial charge in [-0.25, -0.2) is 0 Å². The Kier molecular flexibility index (Phi) is 5.80. The Labute approximate surface area is 106 Å². The van der Waals surface area contributed by atoms with E-state index >= 15 is 0 Å². The monoisotopic (exact) mass is 286 g/mol. The highest BCUT2D eigenvalue weighted by Gasteiger charge is 2.07. The fraction of sp³-hybridized carbons (Fsp3) is 0.500. The van der Waals surface area contributed by atoms with Gasteiger partial charge < -0.3 is 15.4 Å². The van der Waals surface area contributed by atoms with Gasteiger partial charge in [-0.1, -0.05) is 12.1 Å². The molecular formula is C12H19BrN2O. The number of likely N-dealkylation sites (N-methyl/N-ethyl adjacent to an activating group) is 1. The molecule has 1 rings (SSSR count). The Balaban J connectivity index is 2.68. The largest absolute Gasteiger partial charge is 0.491 e. The number of hydrogen-bond donors (Lipinski definition) is 1. The van der Waals surface area contributed by atoms with Crippen molar-refractivity contribution in [2.45, 2.75) is 6.42 Å². The molecule has 0 amide bonds. The second-order valence-electron chi connectivity index (χ2n) is 3.92. The second kappa shape index (κ2) is 6.89. The lowest BCUT2D eigenvalue weighted by molar-refractivity contribution is 0.258. The van der Waals surface area contributed by atoms with Crippen molar-refractivity contribution in [2.75, 3.05) is 33.8 Å². The fourth-order valence-electron chi connectivity index (χ4n) is 1.40. The van der Waals surface area contributed by atoms with Gasteiger partial charge in [0.1, 0.15) is 12.4 Å². The molecule has 0 heterocycles. The minimum atomic E-state index is 0.639. The lowest BCUT2D eigenvalue weighted by Crippen LogP contribution is -2.20. The zero-order valence-corrected chi connectivity index (χ0v) is 11.5. The summed E-state index contributed by atoms with van der Waals surface area (Å²) in [6.07, 6.45) is 0.844. The highest BCUT2D eigenvalue weighted by atomic mass is 79.9. The average molecular weight is 287 g/mol. The quantitative estimate of drug-likeness (QED) is 0.868. The van der Waals surface area contributed by atoms with Gasteiger partial charge in [-0.15, -0.1) is 0 Å². The van der Waals surface area contributed by atoms with Gasteiger partial charge in [-0.05, 0) is 54.6 Å². The Morgan fingerprint density at radius 3 is 2.75 bits per heavy atom. The molecule has 0 aromatic heterocycles. The standard InChI is InChI=1S/C12H19BrN2O/c1-15(2)8-9-16-12-10(6-7-14)4-3-5-11(12)13/h3-5H,6-9,14H2,1-2H3. The number of hydrogen-bond acceptors (Lipinski definition) is 3. The molecule has 0 aliphatic carbocycles.